The molecule has 1 nitrogen and oxygen atoms in total. The summed E-state index contributed by atoms with van der Waals surface area (Å²) in [6, 6.07) is 20.8. The molecule has 0 saturated heterocycles. The third kappa shape index (κ3) is 4.36. The molecule has 0 aliphatic carbocycles. The van der Waals surface area contributed by atoms with Gasteiger partial charge in [-0.15, -0.1) is 6.58 Å². The van der Waals surface area contributed by atoms with Crippen molar-refractivity contribution in [3.8, 4) is 0 Å². The maximum atomic E-state index is 5.88. The highest BCUT2D eigenvalue weighted by Gasteiger charge is 2.21. The normalized spacial score (nSPS) is 13.7. The molecule has 0 amide bonds. The Morgan fingerprint density at radius 1 is 0.950 bits per heavy atom. The summed E-state index contributed by atoms with van der Waals surface area (Å²) in [7, 11) is 0. The summed E-state index contributed by atoms with van der Waals surface area (Å²) in [5.74, 6) is 0. The van der Waals surface area contributed by atoms with Crippen LogP contribution in [0.2, 0.25) is 0 Å². The van der Waals surface area contributed by atoms with Gasteiger partial charge in [-0.25, -0.2) is 0 Å². The van der Waals surface area contributed by atoms with E-state index in [0.717, 1.165) is 6.42 Å². The first kappa shape index (κ1) is 14.5. The van der Waals surface area contributed by atoms with Crippen LogP contribution in [0.3, 0.4) is 0 Å². The van der Waals surface area contributed by atoms with Gasteiger partial charge in [0.05, 0.1) is 13.2 Å². The van der Waals surface area contributed by atoms with E-state index in [0.29, 0.717) is 13.2 Å². The molecule has 20 heavy (non-hydrogen) atoms. The van der Waals surface area contributed by atoms with Crippen LogP contribution in [0, 0.1) is 5.41 Å². The second-order valence-corrected chi connectivity index (χ2v) is 5.50. The summed E-state index contributed by atoms with van der Waals surface area (Å²) in [6.45, 7) is 7.50. The molecule has 0 fully saturated rings. The van der Waals surface area contributed by atoms with E-state index in [1.165, 1.54) is 11.1 Å². The zero-order valence-electron chi connectivity index (χ0n) is 12.1. The van der Waals surface area contributed by atoms with E-state index >= 15 is 0 Å². The quantitative estimate of drug-likeness (QED) is 0.663. The molecule has 0 spiro atoms. The van der Waals surface area contributed by atoms with Gasteiger partial charge in [0.1, 0.15) is 0 Å². The molecule has 1 heteroatoms. The van der Waals surface area contributed by atoms with Gasteiger partial charge in [0.2, 0.25) is 0 Å². The fourth-order valence-corrected chi connectivity index (χ4v) is 2.22. The fraction of sp³-hybridized carbons (Fsp3) is 0.263. The van der Waals surface area contributed by atoms with E-state index < -0.39 is 0 Å². The number of hydrogen-bond acceptors (Lipinski definition) is 1. The van der Waals surface area contributed by atoms with E-state index in [9.17, 15) is 0 Å². The summed E-state index contributed by atoms with van der Waals surface area (Å²) >= 11 is 0. The van der Waals surface area contributed by atoms with Crippen molar-refractivity contribution in [3.05, 3.63) is 84.4 Å². The predicted octanol–water partition coefficient (Wildman–Crippen LogP) is 4.64. The van der Waals surface area contributed by atoms with E-state index in [1.54, 1.807) is 0 Å². The van der Waals surface area contributed by atoms with Gasteiger partial charge in [-0.1, -0.05) is 73.7 Å². The minimum atomic E-state index is -0.0316. The van der Waals surface area contributed by atoms with Crippen molar-refractivity contribution in [1.29, 1.82) is 0 Å². The largest absolute Gasteiger partial charge is 0.376 e. The lowest BCUT2D eigenvalue weighted by Gasteiger charge is -2.25. The van der Waals surface area contributed by atoms with Crippen molar-refractivity contribution in [2.75, 3.05) is 6.61 Å². The Morgan fingerprint density at radius 2 is 1.50 bits per heavy atom. The second-order valence-electron chi connectivity index (χ2n) is 5.50. The molecule has 0 aromatic heterocycles. The Hall–Kier alpha value is -1.86. The van der Waals surface area contributed by atoms with Crippen molar-refractivity contribution in [3.63, 3.8) is 0 Å². The van der Waals surface area contributed by atoms with Gasteiger partial charge in [0.25, 0.3) is 0 Å². The van der Waals surface area contributed by atoms with Crippen LogP contribution < -0.4 is 0 Å². The van der Waals surface area contributed by atoms with Crippen LogP contribution in [0.25, 0.3) is 0 Å². The lowest BCUT2D eigenvalue weighted by molar-refractivity contribution is 0.0645. The van der Waals surface area contributed by atoms with Gasteiger partial charge in [-0.3, -0.25) is 0 Å². The Balaban J connectivity index is 1.89. The van der Waals surface area contributed by atoms with E-state index in [-0.39, 0.29) is 5.41 Å². The minimum Gasteiger partial charge on any atom is -0.376 e. The van der Waals surface area contributed by atoms with E-state index in [4.69, 9.17) is 4.74 Å². The molecule has 0 saturated carbocycles. The Kier molecular flexibility index (Phi) is 5.14. The molecular weight excluding hydrogens is 244 g/mol. The first-order chi connectivity index (χ1) is 9.72. The molecule has 0 aliphatic rings. The Morgan fingerprint density at radius 3 is 2.05 bits per heavy atom. The van der Waals surface area contributed by atoms with Crippen molar-refractivity contribution < 1.29 is 4.74 Å². The van der Waals surface area contributed by atoms with Gasteiger partial charge < -0.3 is 4.74 Å². The number of benzene rings is 2. The van der Waals surface area contributed by atoms with Crippen LogP contribution in [0.4, 0.5) is 0 Å². The topological polar surface area (TPSA) is 9.23 Å². The molecule has 1 atom stereocenters. The Labute approximate surface area is 121 Å². The van der Waals surface area contributed by atoms with Crippen molar-refractivity contribution >= 4 is 0 Å². The lowest BCUT2D eigenvalue weighted by Crippen LogP contribution is -2.23. The zero-order chi connectivity index (χ0) is 14.3. The van der Waals surface area contributed by atoms with Crippen LogP contribution in [0.1, 0.15) is 18.1 Å². The molecule has 0 N–H and O–H groups in total. The molecule has 2 rings (SSSR count). The SMILES string of the molecule is C=CC(C)(COCc1ccccc1)Cc1ccccc1. The maximum Gasteiger partial charge on any atom is 0.0717 e. The summed E-state index contributed by atoms with van der Waals surface area (Å²) in [6.07, 6.45) is 2.96. The van der Waals surface area contributed by atoms with Crippen LogP contribution in [-0.4, -0.2) is 6.61 Å². The summed E-state index contributed by atoms with van der Waals surface area (Å²) in [5.41, 5.74) is 2.49. The third-order valence-electron chi connectivity index (χ3n) is 3.49. The molecule has 0 radical (unpaired) electrons. The average Bonchev–Trinajstić information content (AvgIpc) is 2.49. The zero-order valence-corrected chi connectivity index (χ0v) is 12.1. The van der Waals surface area contributed by atoms with Crippen molar-refractivity contribution in [2.45, 2.75) is 20.0 Å². The van der Waals surface area contributed by atoms with Crippen LogP contribution in [0.5, 0.6) is 0 Å². The van der Waals surface area contributed by atoms with Gasteiger partial charge in [-0.2, -0.15) is 0 Å². The molecule has 0 heterocycles. The van der Waals surface area contributed by atoms with Crippen molar-refractivity contribution in [2.24, 2.45) is 5.41 Å². The molecule has 1 unspecified atom stereocenters. The average molecular weight is 266 g/mol. The monoisotopic (exact) mass is 266 g/mol. The lowest BCUT2D eigenvalue weighted by atomic mass is 9.84. The molecule has 2 aromatic rings. The number of hydrogen-bond donors (Lipinski definition) is 0. The van der Waals surface area contributed by atoms with Crippen LogP contribution in [0.15, 0.2) is 73.3 Å². The molecule has 0 aliphatic heterocycles. The second kappa shape index (κ2) is 7.06. The summed E-state index contributed by atoms with van der Waals surface area (Å²) in [4.78, 5) is 0. The highest BCUT2D eigenvalue weighted by atomic mass is 16.5. The van der Waals surface area contributed by atoms with Crippen LogP contribution >= 0.6 is 0 Å². The van der Waals surface area contributed by atoms with Crippen molar-refractivity contribution in [1.82, 2.24) is 0 Å². The third-order valence-corrected chi connectivity index (χ3v) is 3.49. The smallest absolute Gasteiger partial charge is 0.0717 e. The van der Waals surface area contributed by atoms with E-state index in [2.05, 4.69) is 49.9 Å². The molecule has 104 valence electrons. The Bertz CT molecular complexity index is 518. The van der Waals surface area contributed by atoms with Gasteiger partial charge in [-0.05, 0) is 17.5 Å². The van der Waals surface area contributed by atoms with Crippen LogP contribution in [-0.2, 0) is 17.8 Å². The summed E-state index contributed by atoms with van der Waals surface area (Å²) in [5, 5.41) is 0. The number of rotatable bonds is 7. The fourth-order valence-electron chi connectivity index (χ4n) is 2.22. The maximum absolute atomic E-state index is 5.88. The summed E-state index contributed by atoms with van der Waals surface area (Å²) < 4.78 is 5.88. The molecular formula is C19H22O. The highest BCUT2D eigenvalue weighted by Crippen LogP contribution is 2.24. The highest BCUT2D eigenvalue weighted by molar-refractivity contribution is 5.18. The minimum absolute atomic E-state index is 0.0316. The predicted molar refractivity (Wildman–Crippen MR) is 84.5 cm³/mol. The van der Waals surface area contributed by atoms with Gasteiger partial charge in [0.15, 0.2) is 0 Å². The molecule has 0 bridgehead atoms. The van der Waals surface area contributed by atoms with E-state index in [1.807, 2.05) is 30.3 Å². The molecule has 2 aromatic carbocycles. The van der Waals surface area contributed by atoms with Gasteiger partial charge in [0, 0.05) is 5.41 Å². The number of ether oxygens (including phenoxy) is 1. The van der Waals surface area contributed by atoms with Gasteiger partial charge >= 0.3 is 0 Å². The first-order valence-corrected chi connectivity index (χ1v) is 7.01. The standard InChI is InChI=1S/C19H22O/c1-3-19(2,14-17-10-6-4-7-11-17)16-20-15-18-12-8-5-9-13-18/h3-13H,1,14-16H2,2H3. The first-order valence-electron chi connectivity index (χ1n) is 7.01.